The average Bonchev–Trinajstić information content (AvgIpc) is 3.88. The highest BCUT2D eigenvalue weighted by Gasteiger charge is 2.64. The molecule has 6 aliphatic rings. The highest BCUT2D eigenvalue weighted by Crippen LogP contribution is 2.66. The minimum Gasteiger partial charge on any atom is -0.315 e. The molecule has 0 radical (unpaired) electrons. The number of carbonyl (C=O) groups is 4. The molecular formula is C49H56N4O4. The first-order valence-electron chi connectivity index (χ1n) is 20.8. The van der Waals surface area contributed by atoms with Gasteiger partial charge in [-0.3, -0.25) is 19.2 Å². The molecule has 4 aromatic carbocycles. The molecule has 0 saturated heterocycles. The first kappa shape index (κ1) is 38.6. The second-order valence-corrected chi connectivity index (χ2v) is 17.8. The Kier molecular flexibility index (Phi) is 10.6. The van der Waals surface area contributed by atoms with Crippen molar-refractivity contribution in [3.8, 4) is 0 Å². The van der Waals surface area contributed by atoms with E-state index in [-0.39, 0.29) is 35.5 Å². The van der Waals surface area contributed by atoms with Gasteiger partial charge in [-0.05, 0) is 130 Å². The number of hydrogen-bond acceptors (Lipinski definition) is 4. The third kappa shape index (κ3) is 7.17. The van der Waals surface area contributed by atoms with Gasteiger partial charge in [0.15, 0.2) is 0 Å². The highest BCUT2D eigenvalue weighted by atomic mass is 16.2. The third-order valence-corrected chi connectivity index (χ3v) is 14.3. The maximum absolute atomic E-state index is 13.8. The van der Waals surface area contributed by atoms with Crippen molar-refractivity contribution in [2.45, 2.75) is 57.8 Å². The average molecular weight is 765 g/mol. The molecule has 0 N–H and O–H groups in total. The fourth-order valence-electron chi connectivity index (χ4n) is 12.0. The molecule has 4 atom stereocenters. The minimum atomic E-state index is -0.401. The Bertz CT molecular complexity index is 1920. The van der Waals surface area contributed by atoms with Gasteiger partial charge in [0.05, 0.1) is 22.7 Å². The molecule has 0 aliphatic heterocycles. The molecule has 6 bridgehead atoms. The number of fused-ring (bicyclic) bond motifs is 2. The van der Waals surface area contributed by atoms with Gasteiger partial charge in [-0.15, -0.1) is 0 Å². The largest absolute Gasteiger partial charge is 0.315 e. The number of amides is 4. The van der Waals surface area contributed by atoms with Gasteiger partial charge in [0, 0.05) is 50.9 Å². The van der Waals surface area contributed by atoms with Crippen LogP contribution in [0.4, 0.5) is 22.7 Å². The smallest absolute Gasteiger partial charge is 0.232 e. The fourth-order valence-corrected chi connectivity index (χ4v) is 12.0. The summed E-state index contributed by atoms with van der Waals surface area (Å²) >= 11 is 0. The number of para-hydroxylation sites is 4. The second-order valence-electron chi connectivity index (χ2n) is 17.8. The molecule has 10 rings (SSSR count). The van der Waals surface area contributed by atoms with Crippen molar-refractivity contribution in [3.63, 3.8) is 0 Å². The second kappa shape index (κ2) is 15.6. The van der Waals surface area contributed by atoms with E-state index < -0.39 is 10.8 Å². The molecule has 8 heteroatoms. The van der Waals surface area contributed by atoms with Crippen LogP contribution in [0.25, 0.3) is 0 Å². The van der Waals surface area contributed by atoms with Gasteiger partial charge < -0.3 is 19.6 Å². The van der Waals surface area contributed by atoms with Crippen molar-refractivity contribution in [3.05, 3.63) is 121 Å². The quantitative estimate of drug-likeness (QED) is 0.180. The van der Waals surface area contributed by atoms with Gasteiger partial charge in [-0.2, -0.15) is 0 Å². The Balaban J connectivity index is 0.000000161. The molecule has 6 aliphatic carbocycles. The van der Waals surface area contributed by atoms with Crippen LogP contribution in [-0.2, 0) is 19.2 Å². The zero-order valence-electron chi connectivity index (χ0n) is 33.8. The molecular weight excluding hydrogens is 709 g/mol. The number of rotatable bonds is 8. The zero-order chi connectivity index (χ0) is 39.9. The Morgan fingerprint density at radius 1 is 0.439 bits per heavy atom. The monoisotopic (exact) mass is 764 g/mol. The van der Waals surface area contributed by atoms with E-state index in [0.717, 1.165) is 67.7 Å². The molecule has 296 valence electrons. The lowest BCUT2D eigenvalue weighted by atomic mass is 9.43. The van der Waals surface area contributed by atoms with E-state index in [1.165, 1.54) is 6.42 Å². The first-order chi connectivity index (χ1) is 27.5. The highest BCUT2D eigenvalue weighted by molar-refractivity contribution is 6.03. The van der Waals surface area contributed by atoms with Crippen LogP contribution in [0.1, 0.15) is 57.8 Å². The van der Waals surface area contributed by atoms with E-state index in [1.54, 1.807) is 9.80 Å². The van der Waals surface area contributed by atoms with Gasteiger partial charge in [0.2, 0.25) is 23.6 Å². The van der Waals surface area contributed by atoms with Crippen LogP contribution < -0.4 is 19.6 Å². The van der Waals surface area contributed by atoms with Crippen LogP contribution in [-0.4, -0.2) is 51.8 Å². The number of anilines is 4. The fraction of sp³-hybridized carbons (Fsp3) is 0.429. The van der Waals surface area contributed by atoms with Crippen LogP contribution >= 0.6 is 0 Å². The number of hydrogen-bond donors (Lipinski definition) is 0. The van der Waals surface area contributed by atoms with E-state index in [0.29, 0.717) is 30.1 Å². The van der Waals surface area contributed by atoms with Gasteiger partial charge in [0.25, 0.3) is 0 Å². The Morgan fingerprint density at radius 2 is 0.737 bits per heavy atom. The van der Waals surface area contributed by atoms with Gasteiger partial charge in [-0.25, -0.2) is 0 Å². The molecule has 0 aromatic heterocycles. The Morgan fingerprint density at radius 3 is 1.05 bits per heavy atom. The number of benzene rings is 4. The molecule has 0 spiro atoms. The maximum atomic E-state index is 13.8. The number of carbonyl (C=O) groups excluding carboxylic acids is 4. The van der Waals surface area contributed by atoms with Crippen molar-refractivity contribution in [2.75, 3.05) is 47.8 Å². The summed E-state index contributed by atoms with van der Waals surface area (Å²) in [5.74, 6) is 1.73. The van der Waals surface area contributed by atoms with Gasteiger partial charge >= 0.3 is 0 Å². The van der Waals surface area contributed by atoms with E-state index in [4.69, 9.17) is 0 Å². The predicted molar refractivity (Wildman–Crippen MR) is 227 cm³/mol. The van der Waals surface area contributed by atoms with Crippen LogP contribution in [0.2, 0.25) is 0 Å². The van der Waals surface area contributed by atoms with Crippen molar-refractivity contribution >= 4 is 46.4 Å². The van der Waals surface area contributed by atoms with Crippen LogP contribution in [0.15, 0.2) is 121 Å². The van der Waals surface area contributed by atoms with E-state index >= 15 is 0 Å². The van der Waals surface area contributed by atoms with Crippen LogP contribution in [0, 0.1) is 46.3 Å². The van der Waals surface area contributed by atoms with E-state index in [1.807, 2.05) is 159 Å². The minimum absolute atomic E-state index is 0.0770. The van der Waals surface area contributed by atoms with Gasteiger partial charge in [0.1, 0.15) is 0 Å². The van der Waals surface area contributed by atoms with Gasteiger partial charge in [-0.1, -0.05) is 72.8 Å². The molecule has 57 heavy (non-hydrogen) atoms. The van der Waals surface area contributed by atoms with E-state index in [2.05, 4.69) is 0 Å². The molecule has 2 unspecified atom stereocenters. The van der Waals surface area contributed by atoms with Crippen molar-refractivity contribution in [1.82, 2.24) is 0 Å². The summed E-state index contributed by atoms with van der Waals surface area (Å²) in [7, 11) is 7.43. The topological polar surface area (TPSA) is 81.2 Å². The summed E-state index contributed by atoms with van der Waals surface area (Å²) in [6.45, 7) is 0. The lowest BCUT2D eigenvalue weighted by Gasteiger charge is -2.61. The van der Waals surface area contributed by atoms with Crippen molar-refractivity contribution < 1.29 is 19.2 Å². The lowest BCUT2D eigenvalue weighted by molar-refractivity contribution is -0.163. The Hall–Kier alpha value is -5.24. The molecule has 4 aromatic rings. The van der Waals surface area contributed by atoms with Crippen LogP contribution in [0.3, 0.4) is 0 Å². The zero-order valence-corrected chi connectivity index (χ0v) is 33.8. The summed E-state index contributed by atoms with van der Waals surface area (Å²) in [6, 6.07) is 39.2. The maximum Gasteiger partial charge on any atom is 0.232 e. The summed E-state index contributed by atoms with van der Waals surface area (Å²) < 4.78 is 0. The summed E-state index contributed by atoms with van der Waals surface area (Å²) in [5.41, 5.74) is 2.82. The standard InChI is InChI=1S/C26H30N2O2.C23H26N2O2/c1-27(21-9-5-3-6-10-21)23(29)25-14-19-13-20(15-25)17-26(16-19,18-25)24(30)28(2)22-11-7-4-8-12-22;1-24(18-9-5-3-6-10-18)22(26)20-16-13-14-17(15-16)21(20)23(27)25(2)19-11-7-4-8-12-19/h3-12,19-20H,13-18H2,1-2H3;3-12,16-17,20-21H,13-15H2,1-2H3/t;16-,17+,20?,21?. The first-order valence-corrected chi connectivity index (χ1v) is 20.8. The summed E-state index contributed by atoms with van der Waals surface area (Å²) in [6.07, 6.45) is 8.72. The Labute approximate surface area is 337 Å². The van der Waals surface area contributed by atoms with E-state index in [9.17, 15) is 19.2 Å². The molecule has 6 fully saturated rings. The van der Waals surface area contributed by atoms with Crippen molar-refractivity contribution in [2.24, 2.45) is 46.3 Å². The normalized spacial score (nSPS) is 28.8. The predicted octanol–water partition coefficient (Wildman–Crippen LogP) is 8.87. The molecule has 8 nitrogen and oxygen atoms in total. The summed E-state index contributed by atoms with van der Waals surface area (Å²) in [4.78, 5) is 61.4. The summed E-state index contributed by atoms with van der Waals surface area (Å²) in [5, 5.41) is 0. The number of nitrogens with zero attached hydrogens (tertiary/aromatic N) is 4. The molecule has 4 amide bonds. The molecule has 6 saturated carbocycles. The lowest BCUT2D eigenvalue weighted by Crippen LogP contribution is -2.61. The molecule has 0 heterocycles. The van der Waals surface area contributed by atoms with Crippen molar-refractivity contribution in [1.29, 1.82) is 0 Å². The SMILES string of the molecule is CN(C(=O)C12CC3CC(C1)CC(C(=O)N(C)c1ccccc1)(C3)C2)c1ccccc1.CN(C(=O)C1C(C(=O)N(C)c2ccccc2)[C@H]2CC[C@@H]1C2)c1ccccc1. The van der Waals surface area contributed by atoms with Crippen LogP contribution in [0.5, 0.6) is 0 Å². The third-order valence-electron chi connectivity index (χ3n) is 14.3.